The molecule has 2 N–H and O–H groups in total. The fraction of sp³-hybridized carbons (Fsp3) is 0.435. The van der Waals surface area contributed by atoms with E-state index in [1.165, 1.54) is 31.2 Å². The number of ketones is 1. The van der Waals surface area contributed by atoms with Crippen molar-refractivity contribution in [1.82, 2.24) is 15.0 Å². The molecule has 0 spiro atoms. The first-order chi connectivity index (χ1) is 15.6. The minimum Gasteiger partial charge on any atom is -0.372 e. The van der Waals surface area contributed by atoms with Crippen LogP contribution >= 0.6 is 0 Å². The molecule has 2 atom stereocenters. The van der Waals surface area contributed by atoms with Crippen molar-refractivity contribution in [2.75, 3.05) is 24.5 Å². The number of pyridine rings is 1. The molecule has 2 unspecified atom stereocenters. The lowest BCUT2D eigenvalue weighted by molar-refractivity contribution is -0.121. The van der Waals surface area contributed by atoms with Crippen molar-refractivity contribution in [3.63, 3.8) is 0 Å². The average Bonchev–Trinajstić information content (AvgIpc) is 2.77. The monoisotopic (exact) mass is 474 g/mol. The summed E-state index contributed by atoms with van der Waals surface area (Å²) in [6.45, 7) is 7.33. The van der Waals surface area contributed by atoms with Gasteiger partial charge in [0.2, 0.25) is 15.9 Å². The van der Waals surface area contributed by atoms with E-state index in [2.05, 4.69) is 19.9 Å². The van der Waals surface area contributed by atoms with Crippen molar-refractivity contribution >= 4 is 27.5 Å². The number of amides is 1. The molecule has 1 fully saturated rings. The van der Waals surface area contributed by atoms with Gasteiger partial charge in [-0.3, -0.25) is 9.59 Å². The zero-order valence-corrected chi connectivity index (χ0v) is 19.9. The summed E-state index contributed by atoms with van der Waals surface area (Å²) in [4.78, 5) is 30.2. The van der Waals surface area contributed by atoms with Gasteiger partial charge in [-0.1, -0.05) is 18.2 Å². The van der Waals surface area contributed by atoms with Crippen molar-refractivity contribution in [1.29, 1.82) is 0 Å². The molecule has 0 aliphatic carbocycles. The van der Waals surface area contributed by atoms with Crippen molar-refractivity contribution in [2.45, 2.75) is 50.8 Å². The molecule has 1 aliphatic rings. The molecule has 0 radical (unpaired) electrons. The highest BCUT2D eigenvalue weighted by Gasteiger charge is 2.23. The summed E-state index contributed by atoms with van der Waals surface area (Å²) in [5, 5.41) is 2.77. The van der Waals surface area contributed by atoms with Crippen LogP contribution in [0.2, 0.25) is 0 Å². The molecule has 2 aromatic rings. The lowest BCUT2D eigenvalue weighted by atomic mass is 10.2. The van der Waals surface area contributed by atoms with Gasteiger partial charge >= 0.3 is 0 Å². The summed E-state index contributed by atoms with van der Waals surface area (Å²) < 4.78 is 32.8. The third-order valence-electron chi connectivity index (χ3n) is 5.26. The number of carbonyl (C=O) groups is 2. The Morgan fingerprint density at radius 1 is 1.09 bits per heavy atom. The van der Waals surface area contributed by atoms with E-state index in [-0.39, 0.29) is 41.8 Å². The first-order valence-electron chi connectivity index (χ1n) is 10.9. The van der Waals surface area contributed by atoms with Gasteiger partial charge in [0.25, 0.3) is 0 Å². The minimum atomic E-state index is -3.75. The van der Waals surface area contributed by atoms with Crippen LogP contribution in [0.1, 0.15) is 43.1 Å². The Morgan fingerprint density at radius 3 is 2.33 bits per heavy atom. The molecular weight excluding hydrogens is 444 g/mol. The Balaban J connectivity index is 1.43. The second-order valence-electron chi connectivity index (χ2n) is 8.19. The minimum absolute atomic E-state index is 0.000172. The predicted molar refractivity (Wildman–Crippen MR) is 125 cm³/mol. The van der Waals surface area contributed by atoms with Crippen LogP contribution in [0.5, 0.6) is 0 Å². The first-order valence-corrected chi connectivity index (χ1v) is 12.3. The fourth-order valence-corrected chi connectivity index (χ4v) is 4.65. The number of sulfonamides is 1. The maximum absolute atomic E-state index is 12.3. The molecular formula is C23H30N4O5S. The van der Waals surface area contributed by atoms with Crippen molar-refractivity contribution < 1.29 is 22.7 Å². The Kier molecular flexibility index (Phi) is 8.17. The number of hydrogen-bond acceptors (Lipinski definition) is 7. The number of rotatable bonds is 9. The maximum atomic E-state index is 12.3. The summed E-state index contributed by atoms with van der Waals surface area (Å²) in [5.74, 6) is 0.459. The Labute approximate surface area is 194 Å². The molecule has 33 heavy (non-hydrogen) atoms. The molecule has 1 aliphatic heterocycles. The smallest absolute Gasteiger partial charge is 0.240 e. The van der Waals surface area contributed by atoms with E-state index in [1.807, 2.05) is 26.0 Å². The number of benzene rings is 1. The van der Waals surface area contributed by atoms with Gasteiger partial charge in [-0.05, 0) is 44.5 Å². The predicted octanol–water partition coefficient (Wildman–Crippen LogP) is 1.88. The zero-order valence-electron chi connectivity index (χ0n) is 19.1. The molecule has 1 aromatic heterocycles. The fourth-order valence-electron chi connectivity index (χ4n) is 3.61. The van der Waals surface area contributed by atoms with Gasteiger partial charge in [-0.25, -0.2) is 18.1 Å². The standard InChI is InChI=1S/C23H30N4O5S/c1-16-14-27(15-17(2)32-16)22-9-4-19(12-24-22)13-25-23(29)10-11-26-33(30,31)21-7-5-20(6-8-21)18(3)28/h4-9,12,16-17,26H,10-11,13-15H2,1-3H3,(H,25,29). The summed E-state index contributed by atoms with van der Waals surface area (Å²) in [6.07, 6.45) is 2.02. The van der Waals surface area contributed by atoms with E-state index in [1.54, 1.807) is 6.20 Å². The van der Waals surface area contributed by atoms with Crippen LogP contribution in [-0.4, -0.2) is 56.9 Å². The molecule has 178 valence electrons. The topological polar surface area (TPSA) is 118 Å². The number of morpholine rings is 1. The van der Waals surface area contributed by atoms with Crippen molar-refractivity contribution in [3.8, 4) is 0 Å². The largest absolute Gasteiger partial charge is 0.372 e. The highest BCUT2D eigenvalue weighted by molar-refractivity contribution is 7.89. The number of anilines is 1. The lowest BCUT2D eigenvalue weighted by Crippen LogP contribution is -2.45. The zero-order chi connectivity index (χ0) is 24.0. The second kappa shape index (κ2) is 10.9. The van der Waals surface area contributed by atoms with Crippen molar-refractivity contribution in [2.24, 2.45) is 0 Å². The van der Waals surface area contributed by atoms with Gasteiger partial charge in [0.05, 0.1) is 17.1 Å². The second-order valence-corrected chi connectivity index (χ2v) is 9.96. The van der Waals surface area contributed by atoms with Crippen LogP contribution in [0.15, 0.2) is 47.5 Å². The summed E-state index contributed by atoms with van der Waals surface area (Å²) in [7, 11) is -3.75. The maximum Gasteiger partial charge on any atom is 0.240 e. The van der Waals surface area contributed by atoms with Gasteiger partial charge in [0.1, 0.15) is 5.82 Å². The van der Waals surface area contributed by atoms with Gasteiger partial charge in [0, 0.05) is 44.4 Å². The van der Waals surface area contributed by atoms with E-state index in [0.717, 1.165) is 24.5 Å². The van der Waals surface area contributed by atoms with Crippen LogP contribution < -0.4 is 14.9 Å². The van der Waals surface area contributed by atoms with Crippen LogP contribution in [0.25, 0.3) is 0 Å². The molecule has 3 rings (SSSR count). The molecule has 9 nitrogen and oxygen atoms in total. The quantitative estimate of drug-likeness (QED) is 0.533. The number of nitrogens with one attached hydrogen (secondary N) is 2. The Morgan fingerprint density at radius 2 is 1.76 bits per heavy atom. The summed E-state index contributed by atoms with van der Waals surface area (Å²) >= 11 is 0. The van der Waals surface area contributed by atoms with Crippen molar-refractivity contribution in [3.05, 3.63) is 53.7 Å². The van der Waals surface area contributed by atoms with E-state index in [0.29, 0.717) is 12.1 Å². The van der Waals surface area contributed by atoms with Crippen LogP contribution in [0.4, 0.5) is 5.82 Å². The normalized spacial score (nSPS) is 18.7. The number of Topliss-reactive ketones (excluding diaryl/α,β-unsaturated/α-hetero) is 1. The molecule has 1 saturated heterocycles. The first kappa shape index (κ1) is 24.8. The van der Waals surface area contributed by atoms with E-state index < -0.39 is 10.0 Å². The summed E-state index contributed by atoms with van der Waals surface area (Å²) in [6, 6.07) is 9.51. The highest BCUT2D eigenvalue weighted by Crippen LogP contribution is 2.18. The SMILES string of the molecule is CC(=O)c1ccc(S(=O)(=O)NCCC(=O)NCc2ccc(N3CC(C)OC(C)C3)nc2)cc1. The van der Waals surface area contributed by atoms with E-state index in [9.17, 15) is 18.0 Å². The number of ether oxygens (including phenoxy) is 1. The Hall–Kier alpha value is -2.82. The molecule has 2 heterocycles. The molecule has 1 amide bonds. The molecule has 0 bridgehead atoms. The number of nitrogens with zero attached hydrogens (tertiary/aromatic N) is 2. The van der Waals surface area contributed by atoms with Gasteiger partial charge in [-0.15, -0.1) is 0 Å². The number of aromatic nitrogens is 1. The Bertz CT molecular complexity index is 1060. The van der Waals surface area contributed by atoms with Gasteiger partial charge < -0.3 is 15.0 Å². The van der Waals surface area contributed by atoms with Gasteiger partial charge in [0.15, 0.2) is 5.78 Å². The summed E-state index contributed by atoms with van der Waals surface area (Å²) in [5.41, 5.74) is 1.29. The molecule has 0 saturated carbocycles. The van der Waals surface area contributed by atoms with E-state index in [4.69, 9.17) is 4.74 Å². The van der Waals surface area contributed by atoms with Crippen LogP contribution in [0, 0.1) is 0 Å². The van der Waals surface area contributed by atoms with E-state index >= 15 is 0 Å². The third kappa shape index (κ3) is 7.08. The van der Waals surface area contributed by atoms with Gasteiger partial charge in [-0.2, -0.15) is 0 Å². The lowest BCUT2D eigenvalue weighted by Gasteiger charge is -2.36. The average molecular weight is 475 g/mol. The highest BCUT2D eigenvalue weighted by atomic mass is 32.2. The number of hydrogen-bond donors (Lipinski definition) is 2. The van der Waals surface area contributed by atoms with Crippen LogP contribution in [0.3, 0.4) is 0 Å². The molecule has 1 aromatic carbocycles. The number of carbonyl (C=O) groups excluding carboxylic acids is 2. The third-order valence-corrected chi connectivity index (χ3v) is 6.73. The molecule has 10 heteroatoms. The van der Waals surface area contributed by atoms with Crippen LogP contribution in [-0.2, 0) is 26.1 Å².